The fourth-order valence-electron chi connectivity index (χ4n) is 6.79. The Kier molecular flexibility index (Phi) is 7.87. The number of phenols is 1. The summed E-state index contributed by atoms with van der Waals surface area (Å²) >= 11 is 0. The number of pyridine rings is 1. The van der Waals surface area contributed by atoms with Gasteiger partial charge in [-0.1, -0.05) is 133 Å². The van der Waals surface area contributed by atoms with Crippen molar-refractivity contribution in [2.45, 2.75) is 0 Å². The monoisotopic (exact) mass is 809 g/mol. The van der Waals surface area contributed by atoms with Crippen LogP contribution in [0.25, 0.3) is 83.2 Å². The van der Waals surface area contributed by atoms with Crippen LogP contribution >= 0.6 is 0 Å². The van der Waals surface area contributed by atoms with Gasteiger partial charge in [0.25, 0.3) is 0 Å². The molecule has 0 fully saturated rings. The van der Waals surface area contributed by atoms with Gasteiger partial charge in [-0.15, -0.1) is 35.0 Å². The van der Waals surface area contributed by atoms with Gasteiger partial charge in [0.05, 0.1) is 16.9 Å². The number of benzene rings is 7. The third-order valence-corrected chi connectivity index (χ3v) is 9.03. The summed E-state index contributed by atoms with van der Waals surface area (Å²) < 4.78 is 2.22. The number of para-hydroxylation sites is 1. The summed E-state index contributed by atoms with van der Waals surface area (Å²) in [7, 11) is 0. The second kappa shape index (κ2) is 12.6. The second-order valence-electron chi connectivity index (χ2n) is 11.9. The van der Waals surface area contributed by atoms with Gasteiger partial charge in [-0.05, 0) is 28.6 Å². The van der Waals surface area contributed by atoms with Crippen LogP contribution in [-0.2, 0) is 21.1 Å². The molecule has 0 aliphatic carbocycles. The molecular weight excluding hydrogens is 782 g/mol. The van der Waals surface area contributed by atoms with Crippen molar-refractivity contribution in [2.24, 2.45) is 0 Å². The first-order chi connectivity index (χ1) is 23.7. The number of aromatic hydroxyl groups is 1. The molecule has 2 heterocycles. The third-order valence-electron chi connectivity index (χ3n) is 9.03. The minimum Gasteiger partial charge on any atom is -0.507 e. The Morgan fingerprint density at radius 1 is 0.510 bits per heavy atom. The fourth-order valence-corrected chi connectivity index (χ4v) is 6.79. The van der Waals surface area contributed by atoms with Crippen molar-refractivity contribution in [3.63, 3.8) is 0 Å². The van der Waals surface area contributed by atoms with Gasteiger partial charge >= 0.3 is 0 Å². The van der Waals surface area contributed by atoms with Gasteiger partial charge in [0.1, 0.15) is 17.3 Å². The largest absolute Gasteiger partial charge is 0.507 e. The molecule has 0 radical (unpaired) electrons. The summed E-state index contributed by atoms with van der Waals surface area (Å²) in [5, 5.41) is 15.6. The van der Waals surface area contributed by atoms with Crippen molar-refractivity contribution in [3.05, 3.63) is 170 Å². The first-order valence-electron chi connectivity index (χ1n) is 16.0. The zero-order chi connectivity index (χ0) is 32.0. The zero-order valence-corrected chi connectivity index (χ0v) is 28.5. The average Bonchev–Trinajstić information content (AvgIpc) is 3.60. The molecule has 9 rings (SSSR count). The molecule has 7 aromatic carbocycles. The number of phenolic OH excluding ortho intramolecular Hbond substituents is 1. The fraction of sp³-hybridized carbons (Fsp3) is 0. The number of rotatable bonds is 5. The normalized spacial score (nSPS) is 11.2. The molecule has 0 aliphatic heterocycles. The van der Waals surface area contributed by atoms with E-state index in [2.05, 4.69) is 114 Å². The van der Waals surface area contributed by atoms with Crippen LogP contribution in [0.4, 0.5) is 0 Å². The Hall–Kier alpha value is -5.83. The van der Waals surface area contributed by atoms with Crippen LogP contribution in [0.5, 0.6) is 5.75 Å². The summed E-state index contributed by atoms with van der Waals surface area (Å²) in [5.41, 5.74) is 8.61. The molecule has 0 atom stereocenters. The summed E-state index contributed by atoms with van der Waals surface area (Å²) in [5.74, 6) is 1.01. The summed E-state index contributed by atoms with van der Waals surface area (Å²) in [6, 6.07) is 57.1. The molecule has 5 heteroatoms. The molecule has 1 N–H and O–H groups in total. The van der Waals surface area contributed by atoms with Gasteiger partial charge in [-0.25, -0.2) is 9.97 Å². The molecule has 0 aliphatic rings. The topological polar surface area (TPSA) is 50.9 Å². The molecular formula is C44H28N3OPt-. The first kappa shape index (κ1) is 30.5. The van der Waals surface area contributed by atoms with Crippen LogP contribution < -0.4 is 0 Å². The number of hydrogen-bond donors (Lipinski definition) is 1. The van der Waals surface area contributed by atoms with E-state index < -0.39 is 0 Å². The Balaban J connectivity index is 0.00000348. The van der Waals surface area contributed by atoms with E-state index in [4.69, 9.17) is 9.97 Å². The van der Waals surface area contributed by atoms with Crippen molar-refractivity contribution in [1.82, 2.24) is 14.5 Å². The maximum absolute atomic E-state index is 10.9. The van der Waals surface area contributed by atoms with Crippen molar-refractivity contribution >= 4 is 32.4 Å². The second-order valence-corrected chi connectivity index (χ2v) is 11.9. The van der Waals surface area contributed by atoms with E-state index in [0.29, 0.717) is 0 Å². The van der Waals surface area contributed by atoms with E-state index in [1.165, 1.54) is 0 Å². The molecule has 2 aromatic heterocycles. The predicted molar refractivity (Wildman–Crippen MR) is 196 cm³/mol. The standard InChI is InChI=1S/C44H28N3O.Pt/c48-40-23-10-18-32-24-25-33-26-27-38(45-42(33)41(32)40)39-28-47(44(46-39)37-22-9-17-29-16-7-8-19-34(29)37)43-35(30-12-3-1-4-13-30)20-11-21-36(43)31-14-5-2-6-15-31;/h1-18,20-28,48H;/q-1;. The molecule has 0 saturated carbocycles. The van der Waals surface area contributed by atoms with Crippen molar-refractivity contribution in [3.8, 4) is 56.5 Å². The number of imidazole rings is 1. The van der Waals surface area contributed by atoms with Crippen molar-refractivity contribution < 1.29 is 26.2 Å². The minimum atomic E-state index is 0. The molecule has 49 heavy (non-hydrogen) atoms. The van der Waals surface area contributed by atoms with Crippen molar-refractivity contribution in [2.75, 3.05) is 0 Å². The van der Waals surface area contributed by atoms with Gasteiger partial charge in [0.2, 0.25) is 0 Å². The summed E-state index contributed by atoms with van der Waals surface area (Å²) in [4.78, 5) is 10.5. The third kappa shape index (κ3) is 5.31. The number of hydrogen-bond acceptors (Lipinski definition) is 3. The molecule has 0 spiro atoms. The molecule has 0 unspecified atom stereocenters. The number of nitrogens with zero attached hydrogens (tertiary/aromatic N) is 3. The minimum absolute atomic E-state index is 0. The first-order valence-corrected chi connectivity index (χ1v) is 16.0. The zero-order valence-electron chi connectivity index (χ0n) is 26.2. The molecule has 4 nitrogen and oxygen atoms in total. The van der Waals surface area contributed by atoms with Crippen LogP contribution in [0.15, 0.2) is 164 Å². The maximum Gasteiger partial charge on any atom is 0.125 e. The number of fused-ring (bicyclic) bond motifs is 4. The molecule has 0 bridgehead atoms. The van der Waals surface area contributed by atoms with Crippen molar-refractivity contribution in [1.29, 1.82) is 0 Å². The van der Waals surface area contributed by atoms with Crippen LogP contribution in [0, 0.1) is 6.07 Å². The van der Waals surface area contributed by atoms with E-state index in [1.807, 2.05) is 54.6 Å². The maximum atomic E-state index is 10.9. The van der Waals surface area contributed by atoms with Gasteiger partial charge in [0.15, 0.2) is 0 Å². The smallest absolute Gasteiger partial charge is 0.125 e. The molecule has 0 saturated heterocycles. The van der Waals surface area contributed by atoms with Gasteiger partial charge in [-0.3, -0.25) is 0 Å². The number of aromatic nitrogens is 3. The molecule has 0 amide bonds. The van der Waals surface area contributed by atoms with Crippen LogP contribution in [0.3, 0.4) is 0 Å². The van der Waals surface area contributed by atoms with Crippen LogP contribution in [0.2, 0.25) is 0 Å². The van der Waals surface area contributed by atoms with E-state index >= 15 is 0 Å². The summed E-state index contributed by atoms with van der Waals surface area (Å²) in [6.45, 7) is 0. The van der Waals surface area contributed by atoms with E-state index in [-0.39, 0.29) is 26.8 Å². The van der Waals surface area contributed by atoms with Crippen LogP contribution in [0.1, 0.15) is 0 Å². The SMILES string of the molecule is Oc1cccc2ccc3ccc(-c4cn(-c5c(-c6ccccc6)cccc5-c5ccccc5)c(-c5cccc6ccc[c-]c56)n4)nc3c12.[Pt]. The van der Waals surface area contributed by atoms with E-state index in [1.54, 1.807) is 6.07 Å². The van der Waals surface area contributed by atoms with E-state index in [0.717, 1.165) is 83.2 Å². The summed E-state index contributed by atoms with van der Waals surface area (Å²) in [6.07, 6.45) is 2.10. The predicted octanol–water partition coefficient (Wildman–Crippen LogP) is 10.9. The van der Waals surface area contributed by atoms with Gasteiger partial charge in [0, 0.05) is 49.2 Å². The Bertz CT molecular complexity index is 2570. The van der Waals surface area contributed by atoms with Crippen LogP contribution in [-0.4, -0.2) is 19.6 Å². The molecule has 236 valence electrons. The van der Waals surface area contributed by atoms with Gasteiger partial charge in [-0.2, -0.15) is 0 Å². The Labute approximate surface area is 298 Å². The van der Waals surface area contributed by atoms with Gasteiger partial charge < -0.3 is 9.67 Å². The Morgan fingerprint density at radius 2 is 1.12 bits per heavy atom. The average molecular weight is 810 g/mol. The molecule has 9 aromatic rings. The quantitative estimate of drug-likeness (QED) is 0.139. The Morgan fingerprint density at radius 3 is 1.88 bits per heavy atom. The van der Waals surface area contributed by atoms with E-state index in [9.17, 15) is 5.11 Å².